The lowest BCUT2D eigenvalue weighted by molar-refractivity contribution is -0.123. The van der Waals surface area contributed by atoms with Crippen LogP contribution in [-0.4, -0.2) is 42.5 Å². The fourth-order valence-corrected chi connectivity index (χ4v) is 2.54. The summed E-state index contributed by atoms with van der Waals surface area (Å²) in [6.45, 7) is 9.83. The van der Waals surface area contributed by atoms with Gasteiger partial charge in [-0.15, -0.1) is 0 Å². The van der Waals surface area contributed by atoms with Gasteiger partial charge >= 0.3 is 0 Å². The highest BCUT2D eigenvalue weighted by Crippen LogP contribution is 2.16. The van der Waals surface area contributed by atoms with E-state index in [0.29, 0.717) is 6.42 Å². The summed E-state index contributed by atoms with van der Waals surface area (Å²) in [6, 6.07) is 7.98. The zero-order valence-electron chi connectivity index (χ0n) is 13.2. The molecule has 5 heteroatoms. The van der Waals surface area contributed by atoms with Gasteiger partial charge in [-0.2, -0.15) is 0 Å². The van der Waals surface area contributed by atoms with E-state index in [1.54, 1.807) is 0 Å². The molecule has 0 aliphatic rings. The van der Waals surface area contributed by atoms with Gasteiger partial charge in [-0.25, -0.2) is 0 Å². The molecule has 0 bridgehead atoms. The molecule has 0 heterocycles. The Hall–Kier alpha value is -0.910. The predicted octanol–water partition coefficient (Wildman–Crippen LogP) is 2.17. The molecule has 1 amide bonds. The molecular weight excluding hydrogens is 330 g/mol. The number of carbonyl (C=O) groups is 1. The zero-order valence-corrected chi connectivity index (χ0v) is 14.7. The van der Waals surface area contributed by atoms with Crippen molar-refractivity contribution < 1.29 is 4.79 Å². The van der Waals surface area contributed by atoms with E-state index >= 15 is 0 Å². The first-order valence-corrected chi connectivity index (χ1v) is 8.22. The molecule has 3 N–H and O–H groups in total. The fourth-order valence-electron chi connectivity index (χ4n) is 2.28. The minimum absolute atomic E-state index is 0.315. The van der Waals surface area contributed by atoms with E-state index < -0.39 is 5.54 Å². The number of likely N-dealkylation sites (N-methyl/N-ethyl adjacent to an activating group) is 1. The molecule has 0 fully saturated rings. The summed E-state index contributed by atoms with van der Waals surface area (Å²) in [7, 11) is 0. The Morgan fingerprint density at radius 2 is 1.86 bits per heavy atom. The standard InChI is InChI=1S/C16H26BrN3O/c1-4-20(5-2)11-10-19-16(3,15(18)21)12-13-6-8-14(17)9-7-13/h6-9,19H,4-5,10-12H2,1-3H3,(H2,18,21). The largest absolute Gasteiger partial charge is 0.368 e. The highest BCUT2D eigenvalue weighted by Gasteiger charge is 2.30. The number of nitrogens with two attached hydrogens (primary N) is 1. The van der Waals surface area contributed by atoms with Gasteiger partial charge in [0.25, 0.3) is 0 Å². The van der Waals surface area contributed by atoms with Crippen LogP contribution in [0.25, 0.3) is 0 Å². The van der Waals surface area contributed by atoms with Gasteiger partial charge in [0, 0.05) is 17.6 Å². The summed E-state index contributed by atoms with van der Waals surface area (Å²) >= 11 is 3.41. The average Bonchev–Trinajstić information content (AvgIpc) is 2.46. The van der Waals surface area contributed by atoms with Crippen molar-refractivity contribution in [3.8, 4) is 0 Å². The molecule has 0 aliphatic carbocycles. The van der Waals surface area contributed by atoms with Gasteiger partial charge in [0.15, 0.2) is 0 Å². The Labute approximate surface area is 136 Å². The Bertz CT molecular complexity index is 445. The second kappa shape index (κ2) is 8.51. The van der Waals surface area contributed by atoms with Gasteiger partial charge in [0.1, 0.15) is 0 Å². The van der Waals surface area contributed by atoms with Crippen LogP contribution >= 0.6 is 15.9 Å². The molecule has 4 nitrogen and oxygen atoms in total. The molecule has 1 rings (SSSR count). The van der Waals surface area contributed by atoms with Crippen LogP contribution in [0, 0.1) is 0 Å². The van der Waals surface area contributed by atoms with Crippen molar-refractivity contribution >= 4 is 21.8 Å². The molecule has 0 radical (unpaired) electrons. The molecule has 0 saturated carbocycles. The Morgan fingerprint density at radius 1 is 1.29 bits per heavy atom. The quantitative estimate of drug-likeness (QED) is 0.713. The smallest absolute Gasteiger partial charge is 0.237 e. The summed E-state index contributed by atoms with van der Waals surface area (Å²) < 4.78 is 1.03. The van der Waals surface area contributed by atoms with Crippen LogP contribution in [0.2, 0.25) is 0 Å². The average molecular weight is 356 g/mol. The number of rotatable bonds is 9. The second-order valence-corrected chi connectivity index (χ2v) is 6.37. The first kappa shape index (κ1) is 18.1. The predicted molar refractivity (Wildman–Crippen MR) is 91.2 cm³/mol. The van der Waals surface area contributed by atoms with Crippen molar-refractivity contribution in [3.63, 3.8) is 0 Å². The van der Waals surface area contributed by atoms with Gasteiger partial charge in [-0.05, 0) is 44.1 Å². The molecule has 1 atom stereocenters. The van der Waals surface area contributed by atoms with Crippen molar-refractivity contribution in [2.45, 2.75) is 32.7 Å². The van der Waals surface area contributed by atoms with E-state index in [-0.39, 0.29) is 5.91 Å². The molecule has 118 valence electrons. The number of hydrogen-bond acceptors (Lipinski definition) is 3. The minimum Gasteiger partial charge on any atom is -0.368 e. The maximum atomic E-state index is 11.8. The third-order valence-electron chi connectivity index (χ3n) is 3.85. The number of hydrogen-bond donors (Lipinski definition) is 2. The number of carbonyl (C=O) groups excluding carboxylic acids is 1. The van der Waals surface area contributed by atoms with Crippen LogP contribution in [0.5, 0.6) is 0 Å². The van der Waals surface area contributed by atoms with E-state index in [4.69, 9.17) is 5.73 Å². The Balaban J connectivity index is 2.65. The van der Waals surface area contributed by atoms with Crippen molar-refractivity contribution in [1.29, 1.82) is 0 Å². The van der Waals surface area contributed by atoms with Crippen molar-refractivity contribution in [2.24, 2.45) is 5.73 Å². The molecule has 0 spiro atoms. The van der Waals surface area contributed by atoms with E-state index in [1.165, 1.54) is 0 Å². The number of benzene rings is 1. The lowest BCUT2D eigenvalue weighted by Crippen LogP contribution is -2.56. The Morgan fingerprint density at radius 3 is 2.33 bits per heavy atom. The number of nitrogens with one attached hydrogen (secondary N) is 1. The van der Waals surface area contributed by atoms with Crippen LogP contribution in [0.4, 0.5) is 0 Å². The molecule has 0 saturated heterocycles. The van der Waals surface area contributed by atoms with Gasteiger partial charge in [-0.3, -0.25) is 4.79 Å². The maximum absolute atomic E-state index is 11.8. The normalized spacial score (nSPS) is 14.1. The van der Waals surface area contributed by atoms with Crippen molar-refractivity contribution in [1.82, 2.24) is 10.2 Å². The topological polar surface area (TPSA) is 58.4 Å². The lowest BCUT2D eigenvalue weighted by atomic mass is 9.92. The number of amides is 1. The summed E-state index contributed by atoms with van der Waals surface area (Å²) in [4.78, 5) is 14.2. The first-order chi connectivity index (χ1) is 9.91. The molecule has 0 aliphatic heterocycles. The first-order valence-electron chi connectivity index (χ1n) is 7.43. The van der Waals surface area contributed by atoms with E-state index in [9.17, 15) is 4.79 Å². The second-order valence-electron chi connectivity index (χ2n) is 5.45. The summed E-state index contributed by atoms with van der Waals surface area (Å²) in [5.74, 6) is -0.315. The molecular formula is C16H26BrN3O. The highest BCUT2D eigenvalue weighted by molar-refractivity contribution is 9.10. The van der Waals surface area contributed by atoms with Gasteiger partial charge < -0.3 is 16.0 Å². The van der Waals surface area contributed by atoms with Crippen LogP contribution in [0.15, 0.2) is 28.7 Å². The van der Waals surface area contributed by atoms with Crippen molar-refractivity contribution in [3.05, 3.63) is 34.3 Å². The molecule has 0 aromatic heterocycles. The summed E-state index contributed by atoms with van der Waals surface area (Å²) in [5, 5.41) is 3.33. The van der Waals surface area contributed by atoms with Crippen LogP contribution < -0.4 is 11.1 Å². The lowest BCUT2D eigenvalue weighted by Gasteiger charge is -2.29. The number of halogens is 1. The highest BCUT2D eigenvalue weighted by atomic mass is 79.9. The molecule has 1 aromatic rings. The summed E-state index contributed by atoms with van der Waals surface area (Å²) in [5.41, 5.74) is 5.98. The number of primary amides is 1. The Kier molecular flexibility index (Phi) is 7.35. The molecule has 21 heavy (non-hydrogen) atoms. The minimum atomic E-state index is -0.721. The fraction of sp³-hybridized carbons (Fsp3) is 0.562. The third kappa shape index (κ3) is 5.77. The van der Waals surface area contributed by atoms with Gasteiger partial charge in [0.2, 0.25) is 5.91 Å². The van der Waals surface area contributed by atoms with Crippen LogP contribution in [-0.2, 0) is 11.2 Å². The maximum Gasteiger partial charge on any atom is 0.237 e. The number of nitrogens with zero attached hydrogens (tertiary/aromatic N) is 1. The molecule has 1 unspecified atom stereocenters. The molecule has 1 aromatic carbocycles. The van der Waals surface area contributed by atoms with Gasteiger partial charge in [0.05, 0.1) is 5.54 Å². The zero-order chi connectivity index (χ0) is 15.9. The van der Waals surface area contributed by atoms with E-state index in [0.717, 1.165) is 36.2 Å². The van der Waals surface area contributed by atoms with Crippen LogP contribution in [0.1, 0.15) is 26.3 Å². The van der Waals surface area contributed by atoms with Gasteiger partial charge in [-0.1, -0.05) is 41.9 Å². The van der Waals surface area contributed by atoms with E-state index in [2.05, 4.69) is 40.0 Å². The van der Waals surface area contributed by atoms with E-state index in [1.807, 2.05) is 31.2 Å². The SMILES string of the molecule is CCN(CC)CCNC(C)(Cc1ccc(Br)cc1)C(N)=O. The third-order valence-corrected chi connectivity index (χ3v) is 4.38. The monoisotopic (exact) mass is 355 g/mol. The summed E-state index contributed by atoms with van der Waals surface area (Å²) in [6.07, 6.45) is 0.591. The van der Waals surface area contributed by atoms with Crippen LogP contribution in [0.3, 0.4) is 0 Å². The van der Waals surface area contributed by atoms with Crippen molar-refractivity contribution in [2.75, 3.05) is 26.2 Å².